The number of furan rings is 1. The molecule has 0 amide bonds. The van der Waals surface area contributed by atoms with Gasteiger partial charge in [0.05, 0.1) is 5.56 Å². The number of rotatable bonds is 3. The maximum Gasteiger partial charge on any atom is 0.227 e. The molecule has 0 aliphatic heterocycles. The monoisotopic (exact) mass is 359 g/mol. The predicted molar refractivity (Wildman–Crippen MR) is 111 cm³/mol. The Balaban J connectivity index is 2.04. The average Bonchev–Trinajstić information content (AvgIpc) is 2.94. The molecule has 27 heavy (non-hydrogen) atoms. The van der Waals surface area contributed by atoms with Crippen LogP contribution in [-0.4, -0.2) is 4.98 Å². The maximum atomic E-state index is 6.28. The van der Waals surface area contributed by atoms with Crippen molar-refractivity contribution in [2.75, 3.05) is 0 Å². The minimum absolute atomic E-state index is 0.625. The van der Waals surface area contributed by atoms with Gasteiger partial charge in [-0.2, -0.15) is 0 Å². The molecule has 4 aromatic rings. The van der Waals surface area contributed by atoms with E-state index >= 15 is 0 Å². The van der Waals surface area contributed by atoms with Crippen LogP contribution >= 0.6 is 0 Å². The largest absolute Gasteiger partial charge is 0.437 e. The minimum Gasteiger partial charge on any atom is -0.437 e. The molecule has 0 unspecified atom stereocenters. The number of aryl methyl sites for hydroxylation is 4. The molecule has 3 heteroatoms. The lowest BCUT2D eigenvalue weighted by molar-refractivity contribution is -0.660. The molecule has 0 aliphatic rings. The number of hydrogen-bond donors (Lipinski definition) is 0. The van der Waals surface area contributed by atoms with Gasteiger partial charge in [0.15, 0.2) is 11.8 Å². The molecule has 0 saturated carbocycles. The van der Waals surface area contributed by atoms with Crippen molar-refractivity contribution in [3.63, 3.8) is 0 Å². The zero-order valence-electron chi connectivity index (χ0n) is 17.1. The van der Waals surface area contributed by atoms with Crippen molar-refractivity contribution in [3.8, 4) is 11.3 Å². The van der Waals surface area contributed by atoms with E-state index in [0.29, 0.717) is 11.6 Å². The van der Waals surface area contributed by atoms with Crippen LogP contribution in [0.2, 0.25) is 0 Å². The van der Waals surface area contributed by atoms with Gasteiger partial charge in [0.1, 0.15) is 7.05 Å². The standard InChI is InChI=1S/C24H27N2O/c1-14(2)11-18-12-21(26(6)13-16(18)4)22-15(3)7-9-19-20-10-8-17(5)25-24(20)27-23(19)22/h7-10,12-14H,11H2,1-6H3/q+1. The molecule has 0 N–H and O–H groups in total. The van der Waals surface area contributed by atoms with Gasteiger partial charge in [-0.1, -0.05) is 26.0 Å². The first-order valence-electron chi connectivity index (χ1n) is 9.64. The van der Waals surface area contributed by atoms with E-state index in [4.69, 9.17) is 4.42 Å². The lowest BCUT2D eigenvalue weighted by Crippen LogP contribution is -2.32. The number of nitrogens with zero attached hydrogens (tertiary/aromatic N) is 2. The number of hydrogen-bond acceptors (Lipinski definition) is 2. The van der Waals surface area contributed by atoms with Crippen molar-refractivity contribution in [3.05, 3.63) is 58.9 Å². The normalized spacial score (nSPS) is 11.8. The van der Waals surface area contributed by atoms with E-state index in [1.54, 1.807) is 0 Å². The highest BCUT2D eigenvalue weighted by atomic mass is 16.3. The third-order valence-corrected chi connectivity index (χ3v) is 5.32. The van der Waals surface area contributed by atoms with E-state index in [9.17, 15) is 0 Å². The summed E-state index contributed by atoms with van der Waals surface area (Å²) < 4.78 is 8.50. The summed E-state index contributed by atoms with van der Waals surface area (Å²) in [6, 6.07) is 10.8. The van der Waals surface area contributed by atoms with Crippen molar-refractivity contribution in [1.82, 2.24) is 4.98 Å². The smallest absolute Gasteiger partial charge is 0.227 e. The molecule has 138 valence electrons. The highest BCUT2D eigenvalue weighted by Crippen LogP contribution is 2.36. The SMILES string of the molecule is Cc1ccc2c(n1)oc1c(-c3cc(CC(C)C)c(C)c[n+]3C)c(C)ccc12. The molecule has 0 radical (unpaired) electrons. The Morgan fingerprint density at radius 1 is 1.00 bits per heavy atom. The van der Waals surface area contributed by atoms with Gasteiger partial charge in [-0.25, -0.2) is 9.55 Å². The minimum atomic E-state index is 0.625. The Bertz CT molecular complexity index is 1170. The highest BCUT2D eigenvalue weighted by molar-refractivity contribution is 6.08. The van der Waals surface area contributed by atoms with Crippen LogP contribution in [0.5, 0.6) is 0 Å². The lowest BCUT2D eigenvalue weighted by atomic mass is 9.95. The summed E-state index contributed by atoms with van der Waals surface area (Å²) in [6.07, 6.45) is 3.31. The van der Waals surface area contributed by atoms with Crippen LogP contribution < -0.4 is 4.57 Å². The fraction of sp³-hybridized carbons (Fsp3) is 0.333. The van der Waals surface area contributed by atoms with Crippen LogP contribution in [0, 0.1) is 26.7 Å². The summed E-state index contributed by atoms with van der Waals surface area (Å²) in [7, 11) is 2.12. The van der Waals surface area contributed by atoms with Gasteiger partial charge in [-0.3, -0.25) is 0 Å². The van der Waals surface area contributed by atoms with Crippen LogP contribution in [0.3, 0.4) is 0 Å². The molecule has 0 fully saturated rings. The van der Waals surface area contributed by atoms with Crippen LogP contribution in [0.25, 0.3) is 33.3 Å². The Kier molecular flexibility index (Phi) is 4.26. The van der Waals surface area contributed by atoms with Crippen molar-refractivity contribution in [2.24, 2.45) is 13.0 Å². The quantitative estimate of drug-likeness (QED) is 0.446. The van der Waals surface area contributed by atoms with Gasteiger partial charge in [0.25, 0.3) is 0 Å². The summed E-state index contributed by atoms with van der Waals surface area (Å²) in [5.41, 5.74) is 8.92. The zero-order valence-corrected chi connectivity index (χ0v) is 17.1. The van der Waals surface area contributed by atoms with E-state index in [1.165, 1.54) is 22.4 Å². The molecule has 3 heterocycles. The number of fused-ring (bicyclic) bond motifs is 3. The Morgan fingerprint density at radius 3 is 2.48 bits per heavy atom. The zero-order chi connectivity index (χ0) is 19.3. The summed E-state index contributed by atoms with van der Waals surface area (Å²) >= 11 is 0. The average molecular weight is 359 g/mol. The van der Waals surface area contributed by atoms with Gasteiger partial charge in [0, 0.05) is 28.1 Å². The van der Waals surface area contributed by atoms with E-state index in [1.807, 2.05) is 13.0 Å². The molecule has 4 rings (SSSR count). The number of benzene rings is 1. The highest BCUT2D eigenvalue weighted by Gasteiger charge is 2.22. The third kappa shape index (κ3) is 3.01. The van der Waals surface area contributed by atoms with Gasteiger partial charge in [-0.05, 0) is 56.4 Å². The second-order valence-electron chi connectivity index (χ2n) is 8.12. The molecule has 3 nitrogen and oxygen atoms in total. The topological polar surface area (TPSA) is 29.9 Å². The molecule has 3 aromatic heterocycles. The molecular weight excluding hydrogens is 332 g/mol. The number of pyridine rings is 2. The summed E-state index contributed by atoms with van der Waals surface area (Å²) in [4.78, 5) is 4.60. The third-order valence-electron chi connectivity index (χ3n) is 5.32. The van der Waals surface area contributed by atoms with Crippen LogP contribution in [0.15, 0.2) is 40.9 Å². The van der Waals surface area contributed by atoms with E-state index in [-0.39, 0.29) is 0 Å². The molecule has 0 saturated heterocycles. The Labute approximate surface area is 160 Å². The van der Waals surface area contributed by atoms with Gasteiger partial charge >= 0.3 is 0 Å². The molecule has 1 aromatic carbocycles. The van der Waals surface area contributed by atoms with E-state index in [2.05, 4.69) is 74.8 Å². The van der Waals surface area contributed by atoms with E-state index < -0.39 is 0 Å². The van der Waals surface area contributed by atoms with Crippen LogP contribution in [0.4, 0.5) is 0 Å². The van der Waals surface area contributed by atoms with Crippen molar-refractivity contribution in [2.45, 2.75) is 41.0 Å². The molecular formula is C24H27N2O+. The lowest BCUT2D eigenvalue weighted by Gasteiger charge is -2.11. The van der Waals surface area contributed by atoms with Crippen molar-refractivity contribution < 1.29 is 8.98 Å². The molecule has 0 bridgehead atoms. The maximum absolute atomic E-state index is 6.28. The first kappa shape index (κ1) is 17.7. The van der Waals surface area contributed by atoms with Crippen LogP contribution in [-0.2, 0) is 13.5 Å². The second-order valence-corrected chi connectivity index (χ2v) is 8.12. The summed E-state index contributed by atoms with van der Waals surface area (Å²) in [5, 5.41) is 2.21. The Morgan fingerprint density at radius 2 is 1.74 bits per heavy atom. The van der Waals surface area contributed by atoms with Gasteiger partial charge in [-0.15, -0.1) is 0 Å². The van der Waals surface area contributed by atoms with Crippen LogP contribution in [0.1, 0.15) is 36.2 Å². The fourth-order valence-electron chi connectivity index (χ4n) is 3.96. The summed E-state index contributed by atoms with van der Waals surface area (Å²) in [5.74, 6) is 0.625. The van der Waals surface area contributed by atoms with Gasteiger partial charge in [0.2, 0.25) is 11.4 Å². The predicted octanol–water partition coefficient (Wildman–Crippen LogP) is 5.60. The van der Waals surface area contributed by atoms with Crippen molar-refractivity contribution in [1.29, 1.82) is 0 Å². The molecule has 0 atom stereocenters. The summed E-state index contributed by atoms with van der Waals surface area (Å²) in [6.45, 7) is 10.9. The molecule has 0 aliphatic carbocycles. The fourth-order valence-corrected chi connectivity index (χ4v) is 3.96. The second kappa shape index (κ2) is 6.49. The first-order valence-corrected chi connectivity index (χ1v) is 9.64. The van der Waals surface area contributed by atoms with E-state index in [0.717, 1.165) is 34.0 Å². The van der Waals surface area contributed by atoms with Gasteiger partial charge < -0.3 is 4.42 Å². The number of aromatic nitrogens is 2. The first-order chi connectivity index (χ1) is 12.8. The Hall–Kier alpha value is -2.68. The molecule has 0 spiro atoms. The van der Waals surface area contributed by atoms with Crippen molar-refractivity contribution >= 4 is 22.1 Å².